The van der Waals surface area contributed by atoms with Crippen LogP contribution in [0.4, 0.5) is 5.69 Å². The molecule has 0 aromatic heterocycles. The Morgan fingerprint density at radius 2 is 1.64 bits per heavy atom. The van der Waals surface area contributed by atoms with Gasteiger partial charge in [0.1, 0.15) is 0 Å². The average molecular weight is 339 g/mol. The van der Waals surface area contributed by atoms with Crippen LogP contribution in [0.2, 0.25) is 5.02 Å². The number of rotatable bonds is 4. The van der Waals surface area contributed by atoms with Crippen LogP contribution in [0.15, 0.2) is 53.4 Å². The van der Waals surface area contributed by atoms with Crippen molar-refractivity contribution in [2.75, 3.05) is 19.4 Å². The van der Waals surface area contributed by atoms with Gasteiger partial charge < -0.3 is 5.32 Å². The average Bonchev–Trinajstić information content (AvgIpc) is 2.48. The van der Waals surface area contributed by atoms with Gasteiger partial charge in [-0.3, -0.25) is 4.79 Å². The molecule has 22 heavy (non-hydrogen) atoms. The van der Waals surface area contributed by atoms with Gasteiger partial charge in [-0.1, -0.05) is 23.7 Å². The summed E-state index contributed by atoms with van der Waals surface area (Å²) in [7, 11) is -0.560. The first-order valence-electron chi connectivity index (χ1n) is 6.41. The highest BCUT2D eigenvalue weighted by Gasteiger charge is 2.17. The van der Waals surface area contributed by atoms with Gasteiger partial charge in [-0.25, -0.2) is 12.7 Å². The molecule has 0 heterocycles. The highest BCUT2D eigenvalue weighted by Crippen LogP contribution is 2.19. The third kappa shape index (κ3) is 3.47. The van der Waals surface area contributed by atoms with Crippen LogP contribution >= 0.6 is 11.6 Å². The quantitative estimate of drug-likeness (QED) is 0.932. The second-order valence-corrected chi connectivity index (χ2v) is 7.30. The number of benzene rings is 2. The summed E-state index contributed by atoms with van der Waals surface area (Å²) < 4.78 is 25.0. The first kappa shape index (κ1) is 16.5. The molecule has 0 aliphatic heterocycles. The predicted octanol–water partition coefficient (Wildman–Crippen LogP) is 2.84. The number of amides is 1. The lowest BCUT2D eigenvalue weighted by molar-refractivity contribution is 0.102. The van der Waals surface area contributed by atoms with Gasteiger partial charge in [-0.2, -0.15) is 0 Å². The highest BCUT2D eigenvalue weighted by molar-refractivity contribution is 7.89. The molecule has 0 spiro atoms. The van der Waals surface area contributed by atoms with Crippen molar-refractivity contribution in [3.63, 3.8) is 0 Å². The second-order valence-electron chi connectivity index (χ2n) is 4.75. The summed E-state index contributed by atoms with van der Waals surface area (Å²) in [5, 5.41) is 3.03. The number of carbonyl (C=O) groups is 1. The Kier molecular flexibility index (Phi) is 4.85. The lowest BCUT2D eigenvalue weighted by atomic mass is 10.2. The largest absolute Gasteiger partial charge is 0.322 e. The van der Waals surface area contributed by atoms with Gasteiger partial charge in [0, 0.05) is 19.8 Å². The molecule has 0 aliphatic carbocycles. The van der Waals surface area contributed by atoms with E-state index < -0.39 is 10.0 Å². The molecular weight excluding hydrogens is 324 g/mol. The Hall–Kier alpha value is -1.89. The molecule has 1 amide bonds. The predicted molar refractivity (Wildman–Crippen MR) is 86.7 cm³/mol. The number of halogens is 1. The first-order valence-corrected chi connectivity index (χ1v) is 8.22. The van der Waals surface area contributed by atoms with Crippen molar-refractivity contribution in [3.05, 3.63) is 59.1 Å². The molecule has 5 nitrogen and oxygen atoms in total. The summed E-state index contributed by atoms with van der Waals surface area (Å²) in [6.07, 6.45) is 0. The van der Waals surface area contributed by atoms with E-state index in [1.807, 2.05) is 0 Å². The number of anilines is 1. The lowest BCUT2D eigenvalue weighted by Crippen LogP contribution is -2.22. The molecule has 0 atom stereocenters. The molecule has 0 saturated carbocycles. The van der Waals surface area contributed by atoms with Gasteiger partial charge in [0.05, 0.1) is 15.5 Å². The van der Waals surface area contributed by atoms with Crippen molar-refractivity contribution in [3.8, 4) is 0 Å². The van der Waals surface area contributed by atoms with Crippen molar-refractivity contribution in [1.29, 1.82) is 0 Å². The van der Waals surface area contributed by atoms with Gasteiger partial charge in [0.2, 0.25) is 10.0 Å². The van der Waals surface area contributed by atoms with E-state index in [0.29, 0.717) is 16.3 Å². The molecule has 2 aromatic rings. The van der Waals surface area contributed by atoms with Crippen LogP contribution in [0.5, 0.6) is 0 Å². The van der Waals surface area contributed by atoms with E-state index >= 15 is 0 Å². The maximum Gasteiger partial charge on any atom is 0.257 e. The topological polar surface area (TPSA) is 66.5 Å². The maximum absolute atomic E-state index is 12.1. The summed E-state index contributed by atoms with van der Waals surface area (Å²) >= 11 is 5.96. The van der Waals surface area contributed by atoms with Crippen molar-refractivity contribution < 1.29 is 13.2 Å². The molecule has 7 heteroatoms. The van der Waals surface area contributed by atoms with E-state index in [1.54, 1.807) is 24.3 Å². The Bertz CT molecular complexity index is 787. The number of carbonyl (C=O) groups excluding carboxylic acids is 1. The second kappa shape index (κ2) is 6.48. The minimum atomic E-state index is -3.48. The van der Waals surface area contributed by atoms with Crippen LogP contribution in [0, 0.1) is 0 Å². The fourth-order valence-electron chi connectivity index (χ4n) is 1.76. The van der Waals surface area contributed by atoms with Gasteiger partial charge in [-0.05, 0) is 36.4 Å². The van der Waals surface area contributed by atoms with E-state index in [4.69, 9.17) is 11.6 Å². The van der Waals surface area contributed by atoms with Gasteiger partial charge >= 0.3 is 0 Å². The molecule has 0 radical (unpaired) electrons. The van der Waals surface area contributed by atoms with Crippen molar-refractivity contribution in [1.82, 2.24) is 4.31 Å². The van der Waals surface area contributed by atoms with Crippen LogP contribution in [0.1, 0.15) is 10.4 Å². The zero-order valence-electron chi connectivity index (χ0n) is 12.1. The number of hydrogen-bond acceptors (Lipinski definition) is 3. The molecule has 2 aromatic carbocycles. The fraction of sp³-hybridized carbons (Fsp3) is 0.133. The van der Waals surface area contributed by atoms with E-state index in [2.05, 4.69) is 5.32 Å². The maximum atomic E-state index is 12.1. The van der Waals surface area contributed by atoms with Gasteiger partial charge in [0.15, 0.2) is 0 Å². The monoisotopic (exact) mass is 338 g/mol. The molecule has 116 valence electrons. The van der Waals surface area contributed by atoms with Gasteiger partial charge in [0.25, 0.3) is 5.91 Å². The number of nitrogens with one attached hydrogen (secondary N) is 1. The molecule has 0 bridgehead atoms. The minimum Gasteiger partial charge on any atom is -0.322 e. The van der Waals surface area contributed by atoms with E-state index in [0.717, 1.165) is 4.31 Å². The molecule has 0 unspecified atom stereocenters. The smallest absolute Gasteiger partial charge is 0.257 e. The van der Waals surface area contributed by atoms with E-state index in [1.165, 1.54) is 38.4 Å². The Labute approximate surface area is 134 Å². The Morgan fingerprint density at radius 3 is 2.18 bits per heavy atom. The fourth-order valence-corrected chi connectivity index (χ4v) is 2.89. The summed E-state index contributed by atoms with van der Waals surface area (Å²) in [4.78, 5) is 12.3. The summed E-state index contributed by atoms with van der Waals surface area (Å²) in [6, 6.07) is 12.6. The first-order chi connectivity index (χ1) is 10.3. The van der Waals surface area contributed by atoms with Crippen LogP contribution in [0.3, 0.4) is 0 Å². The normalized spacial score (nSPS) is 11.5. The van der Waals surface area contributed by atoms with Crippen LogP contribution in [-0.4, -0.2) is 32.7 Å². The van der Waals surface area contributed by atoms with Crippen LogP contribution in [0.25, 0.3) is 0 Å². The summed E-state index contributed by atoms with van der Waals surface area (Å²) in [5.74, 6) is -0.353. The van der Waals surface area contributed by atoms with Crippen molar-refractivity contribution in [2.24, 2.45) is 0 Å². The minimum absolute atomic E-state index is 0.160. The summed E-state index contributed by atoms with van der Waals surface area (Å²) in [5.41, 5.74) is 0.844. The molecule has 0 saturated heterocycles. The Morgan fingerprint density at radius 1 is 1.05 bits per heavy atom. The third-order valence-corrected chi connectivity index (χ3v) is 5.17. The number of nitrogens with zero attached hydrogens (tertiary/aromatic N) is 1. The molecule has 2 rings (SSSR count). The van der Waals surface area contributed by atoms with Crippen molar-refractivity contribution >= 4 is 33.2 Å². The van der Waals surface area contributed by atoms with Crippen LogP contribution < -0.4 is 5.32 Å². The third-order valence-electron chi connectivity index (χ3n) is 3.01. The molecule has 0 fully saturated rings. The van der Waals surface area contributed by atoms with E-state index in [9.17, 15) is 13.2 Å². The molecule has 0 aliphatic rings. The van der Waals surface area contributed by atoms with Crippen molar-refractivity contribution in [2.45, 2.75) is 4.90 Å². The zero-order valence-corrected chi connectivity index (χ0v) is 13.6. The van der Waals surface area contributed by atoms with Crippen LogP contribution in [-0.2, 0) is 10.0 Å². The molecular formula is C15H15ClN2O3S. The standard InChI is InChI=1S/C15H15ClN2O3S/c1-18(2)22(20,21)12-9-7-11(8-10-12)17-15(19)13-5-3-4-6-14(13)16/h3-10H,1-2H3,(H,17,19). The number of hydrogen-bond donors (Lipinski definition) is 1. The summed E-state index contributed by atoms with van der Waals surface area (Å²) in [6.45, 7) is 0. The van der Waals surface area contributed by atoms with E-state index in [-0.39, 0.29) is 10.8 Å². The zero-order chi connectivity index (χ0) is 16.3. The number of sulfonamides is 1. The Balaban J connectivity index is 2.19. The SMILES string of the molecule is CN(C)S(=O)(=O)c1ccc(NC(=O)c2ccccc2Cl)cc1. The highest BCUT2D eigenvalue weighted by atomic mass is 35.5. The lowest BCUT2D eigenvalue weighted by Gasteiger charge is -2.12. The van der Waals surface area contributed by atoms with Gasteiger partial charge in [-0.15, -0.1) is 0 Å². The molecule has 1 N–H and O–H groups in total.